The van der Waals surface area contributed by atoms with Crippen LogP contribution in [0.25, 0.3) is 11.3 Å². The van der Waals surface area contributed by atoms with Gasteiger partial charge in [0.2, 0.25) is 5.91 Å². The fourth-order valence-electron chi connectivity index (χ4n) is 2.65. The molecule has 3 aromatic carbocycles. The van der Waals surface area contributed by atoms with Crippen molar-refractivity contribution in [3.05, 3.63) is 87.7 Å². The third-order valence-corrected chi connectivity index (χ3v) is 6.94. The summed E-state index contributed by atoms with van der Waals surface area (Å²) in [5.74, 6) is 1.58. The van der Waals surface area contributed by atoms with Gasteiger partial charge >= 0.3 is 0 Å². The molecule has 8 heteroatoms. The van der Waals surface area contributed by atoms with Crippen molar-refractivity contribution in [2.45, 2.75) is 4.34 Å². The fourth-order valence-corrected chi connectivity index (χ4v) is 4.67. The molecule has 0 aliphatic carbocycles. The molecular formula is C23H16BrClN2O2S2. The van der Waals surface area contributed by atoms with Crippen molar-refractivity contribution < 1.29 is 9.53 Å². The molecule has 31 heavy (non-hydrogen) atoms. The van der Waals surface area contributed by atoms with Gasteiger partial charge in [-0.15, -0.1) is 11.3 Å². The van der Waals surface area contributed by atoms with E-state index in [1.54, 1.807) is 24.3 Å². The third kappa shape index (κ3) is 6.33. The summed E-state index contributed by atoms with van der Waals surface area (Å²) in [6, 6.07) is 22.4. The van der Waals surface area contributed by atoms with Crippen molar-refractivity contribution in [1.82, 2.24) is 4.98 Å². The van der Waals surface area contributed by atoms with Gasteiger partial charge in [0.1, 0.15) is 11.5 Å². The maximum absolute atomic E-state index is 12.3. The maximum Gasteiger partial charge on any atom is 0.234 e. The molecule has 4 aromatic rings. The Kier molecular flexibility index (Phi) is 7.29. The van der Waals surface area contributed by atoms with E-state index in [9.17, 15) is 4.79 Å². The third-order valence-electron chi connectivity index (χ3n) is 4.14. The smallest absolute Gasteiger partial charge is 0.234 e. The van der Waals surface area contributed by atoms with Crippen LogP contribution in [0.1, 0.15) is 0 Å². The van der Waals surface area contributed by atoms with Crippen LogP contribution >= 0.6 is 50.6 Å². The first-order valence-electron chi connectivity index (χ1n) is 9.23. The molecular weight excluding hydrogens is 516 g/mol. The lowest BCUT2D eigenvalue weighted by atomic mass is 10.2. The van der Waals surface area contributed by atoms with E-state index in [4.69, 9.17) is 16.3 Å². The monoisotopic (exact) mass is 530 g/mol. The summed E-state index contributed by atoms with van der Waals surface area (Å²) in [7, 11) is 0. The zero-order valence-electron chi connectivity index (χ0n) is 16.0. The van der Waals surface area contributed by atoms with E-state index >= 15 is 0 Å². The van der Waals surface area contributed by atoms with Gasteiger partial charge in [0.25, 0.3) is 0 Å². The molecule has 156 valence electrons. The number of nitrogens with zero attached hydrogens (tertiary/aromatic N) is 1. The Morgan fingerprint density at radius 1 is 1.00 bits per heavy atom. The summed E-state index contributed by atoms with van der Waals surface area (Å²) in [4.78, 5) is 16.9. The molecule has 4 rings (SSSR count). The molecule has 0 unspecified atom stereocenters. The van der Waals surface area contributed by atoms with Crippen LogP contribution in [0, 0.1) is 0 Å². The summed E-state index contributed by atoms with van der Waals surface area (Å²) >= 11 is 12.3. The van der Waals surface area contributed by atoms with Crippen molar-refractivity contribution in [2.75, 3.05) is 11.1 Å². The number of carbonyl (C=O) groups excluding carboxylic acids is 1. The fraction of sp³-hybridized carbons (Fsp3) is 0.0435. The average molecular weight is 532 g/mol. The summed E-state index contributed by atoms with van der Waals surface area (Å²) in [5.41, 5.74) is 2.68. The SMILES string of the molecule is O=C(CSc1nc(-c2ccc(Br)cc2)cs1)Nc1ccc(Oc2ccc(Cl)cc2)cc1. The van der Waals surface area contributed by atoms with E-state index in [0.29, 0.717) is 22.2 Å². The first-order chi connectivity index (χ1) is 15.0. The van der Waals surface area contributed by atoms with Crippen molar-refractivity contribution in [3.63, 3.8) is 0 Å². The highest BCUT2D eigenvalue weighted by molar-refractivity contribution is 9.10. The van der Waals surface area contributed by atoms with Gasteiger partial charge < -0.3 is 10.1 Å². The number of nitrogens with one attached hydrogen (secondary N) is 1. The minimum Gasteiger partial charge on any atom is -0.457 e. The maximum atomic E-state index is 12.3. The van der Waals surface area contributed by atoms with Crippen molar-refractivity contribution in [2.24, 2.45) is 0 Å². The Hall–Kier alpha value is -2.32. The van der Waals surface area contributed by atoms with Gasteiger partial charge in [0.15, 0.2) is 4.34 Å². The standard InChI is InChI=1S/C23H16BrClN2O2S2/c24-16-3-1-15(2-4-16)21-13-30-23(27-21)31-14-22(28)26-18-7-11-20(12-8-18)29-19-9-5-17(25)6-10-19/h1-13H,14H2,(H,26,28). The molecule has 0 spiro atoms. The largest absolute Gasteiger partial charge is 0.457 e. The van der Waals surface area contributed by atoms with Crippen LogP contribution in [0.3, 0.4) is 0 Å². The predicted octanol–water partition coefficient (Wildman–Crippen LogP) is 7.75. The minimum absolute atomic E-state index is 0.0863. The molecule has 0 radical (unpaired) electrons. The zero-order chi connectivity index (χ0) is 21.6. The molecule has 0 saturated heterocycles. The van der Waals surface area contributed by atoms with Gasteiger partial charge in [-0.25, -0.2) is 4.98 Å². The van der Waals surface area contributed by atoms with Crippen LogP contribution < -0.4 is 10.1 Å². The quantitative estimate of drug-likeness (QED) is 0.248. The van der Waals surface area contributed by atoms with E-state index in [-0.39, 0.29) is 11.7 Å². The Balaban J connectivity index is 1.28. The van der Waals surface area contributed by atoms with E-state index in [1.807, 2.05) is 53.9 Å². The van der Waals surface area contributed by atoms with Crippen LogP contribution in [0.15, 0.2) is 87.0 Å². The number of ether oxygens (including phenoxy) is 1. The molecule has 0 atom stereocenters. The summed E-state index contributed by atoms with van der Waals surface area (Å²) in [5, 5.41) is 5.56. The Morgan fingerprint density at radius 2 is 1.65 bits per heavy atom. The van der Waals surface area contributed by atoms with Crippen LogP contribution in [-0.4, -0.2) is 16.6 Å². The second-order valence-corrected chi connectivity index (χ2v) is 9.86. The molecule has 0 fully saturated rings. The van der Waals surface area contributed by atoms with Crippen LogP contribution in [0.4, 0.5) is 5.69 Å². The lowest BCUT2D eigenvalue weighted by molar-refractivity contribution is -0.113. The van der Waals surface area contributed by atoms with E-state index in [0.717, 1.165) is 20.1 Å². The van der Waals surface area contributed by atoms with Crippen LogP contribution in [-0.2, 0) is 4.79 Å². The lowest BCUT2D eigenvalue weighted by Crippen LogP contribution is -2.13. The number of thioether (sulfide) groups is 1. The van der Waals surface area contributed by atoms with Gasteiger partial charge in [-0.05, 0) is 60.7 Å². The number of halogens is 2. The molecule has 0 aliphatic heterocycles. The van der Waals surface area contributed by atoms with Crippen LogP contribution in [0.5, 0.6) is 11.5 Å². The lowest BCUT2D eigenvalue weighted by Gasteiger charge is -2.08. The number of rotatable bonds is 7. The molecule has 1 aromatic heterocycles. The second-order valence-electron chi connectivity index (χ2n) is 6.42. The molecule has 0 aliphatic rings. The van der Waals surface area contributed by atoms with Crippen LogP contribution in [0.2, 0.25) is 5.02 Å². The van der Waals surface area contributed by atoms with Crippen molar-refractivity contribution in [3.8, 4) is 22.8 Å². The summed E-state index contributed by atoms with van der Waals surface area (Å²) in [6.07, 6.45) is 0. The number of aromatic nitrogens is 1. The highest BCUT2D eigenvalue weighted by Crippen LogP contribution is 2.29. The zero-order valence-corrected chi connectivity index (χ0v) is 20.0. The number of amides is 1. The molecule has 1 heterocycles. The van der Waals surface area contributed by atoms with E-state index in [2.05, 4.69) is 26.2 Å². The van der Waals surface area contributed by atoms with Gasteiger partial charge in [-0.2, -0.15) is 0 Å². The molecule has 0 bridgehead atoms. The minimum atomic E-state index is -0.0863. The van der Waals surface area contributed by atoms with E-state index in [1.165, 1.54) is 23.1 Å². The summed E-state index contributed by atoms with van der Waals surface area (Å²) in [6.45, 7) is 0. The Labute approximate surface area is 201 Å². The number of hydrogen-bond donors (Lipinski definition) is 1. The second kappa shape index (κ2) is 10.3. The Morgan fingerprint density at radius 3 is 2.32 bits per heavy atom. The predicted molar refractivity (Wildman–Crippen MR) is 133 cm³/mol. The summed E-state index contributed by atoms with van der Waals surface area (Å²) < 4.78 is 7.65. The number of benzene rings is 3. The molecule has 4 nitrogen and oxygen atoms in total. The molecule has 1 N–H and O–H groups in total. The van der Waals surface area contributed by atoms with E-state index < -0.39 is 0 Å². The number of anilines is 1. The molecule has 1 amide bonds. The van der Waals surface area contributed by atoms with Gasteiger partial charge in [-0.3, -0.25) is 4.79 Å². The number of thiazole rings is 1. The first kappa shape index (κ1) is 21.9. The van der Waals surface area contributed by atoms with Gasteiger partial charge in [0.05, 0.1) is 11.4 Å². The van der Waals surface area contributed by atoms with Gasteiger partial charge in [0, 0.05) is 26.1 Å². The topological polar surface area (TPSA) is 51.2 Å². The van der Waals surface area contributed by atoms with Crippen molar-refractivity contribution in [1.29, 1.82) is 0 Å². The highest BCUT2D eigenvalue weighted by atomic mass is 79.9. The highest BCUT2D eigenvalue weighted by Gasteiger charge is 2.09. The average Bonchev–Trinajstić information content (AvgIpc) is 3.25. The first-order valence-corrected chi connectivity index (χ1v) is 12.3. The number of hydrogen-bond acceptors (Lipinski definition) is 5. The Bertz CT molecular complexity index is 1160. The van der Waals surface area contributed by atoms with Gasteiger partial charge in [-0.1, -0.05) is 51.4 Å². The van der Waals surface area contributed by atoms with Crippen molar-refractivity contribution >= 4 is 62.2 Å². The molecule has 0 saturated carbocycles. The number of carbonyl (C=O) groups is 1. The normalized spacial score (nSPS) is 10.6.